The summed E-state index contributed by atoms with van der Waals surface area (Å²) in [6, 6.07) is 7.83. The van der Waals surface area contributed by atoms with Crippen molar-refractivity contribution in [3.63, 3.8) is 0 Å². The van der Waals surface area contributed by atoms with E-state index in [1.165, 1.54) is 23.1 Å². The quantitative estimate of drug-likeness (QED) is 0.927. The zero-order chi connectivity index (χ0) is 16.6. The Morgan fingerprint density at radius 2 is 2.04 bits per heavy atom. The highest BCUT2D eigenvalue weighted by Crippen LogP contribution is 2.41. The van der Waals surface area contributed by atoms with E-state index in [4.69, 9.17) is 5.11 Å². The van der Waals surface area contributed by atoms with Crippen molar-refractivity contribution in [2.45, 2.75) is 45.2 Å². The van der Waals surface area contributed by atoms with E-state index in [0.717, 1.165) is 25.9 Å². The number of hydrogen-bond acceptors (Lipinski definition) is 3. The number of likely N-dealkylation sites (N-methyl/N-ethyl adjacent to an activating group) is 1. The summed E-state index contributed by atoms with van der Waals surface area (Å²) in [5.41, 5.74) is 4.38. The summed E-state index contributed by atoms with van der Waals surface area (Å²) in [5, 5.41) is 8.96. The first kappa shape index (κ1) is 16.5. The van der Waals surface area contributed by atoms with E-state index in [2.05, 4.69) is 36.9 Å². The smallest absolute Gasteiger partial charge is 0.317 e. The van der Waals surface area contributed by atoms with E-state index in [-0.39, 0.29) is 6.54 Å². The van der Waals surface area contributed by atoms with Gasteiger partial charge in [-0.15, -0.1) is 0 Å². The zero-order valence-electron chi connectivity index (χ0n) is 14.5. The summed E-state index contributed by atoms with van der Waals surface area (Å²) in [6.07, 6.45) is 3.31. The van der Waals surface area contributed by atoms with Crippen LogP contribution in [0.25, 0.3) is 0 Å². The number of aliphatic carboxylic acids is 1. The lowest BCUT2D eigenvalue weighted by Crippen LogP contribution is -2.46. The number of likely N-dealkylation sites (tertiary alicyclic amines) is 1. The molecule has 1 aromatic carbocycles. The number of hydrogen-bond donors (Lipinski definition) is 1. The summed E-state index contributed by atoms with van der Waals surface area (Å²) in [6.45, 7) is 6.82. The Morgan fingerprint density at radius 1 is 1.35 bits per heavy atom. The van der Waals surface area contributed by atoms with Crippen molar-refractivity contribution in [2.24, 2.45) is 5.92 Å². The van der Waals surface area contributed by atoms with Crippen LogP contribution in [0.5, 0.6) is 0 Å². The highest BCUT2D eigenvalue weighted by atomic mass is 16.4. The van der Waals surface area contributed by atoms with Crippen LogP contribution in [0, 0.1) is 12.8 Å². The second-order valence-corrected chi connectivity index (χ2v) is 7.40. The first-order valence-electron chi connectivity index (χ1n) is 8.71. The van der Waals surface area contributed by atoms with Crippen LogP contribution in [0.1, 0.15) is 42.5 Å². The van der Waals surface area contributed by atoms with Crippen LogP contribution in [-0.4, -0.2) is 53.6 Å². The number of nitrogens with zero attached hydrogens (tertiary/aromatic N) is 2. The van der Waals surface area contributed by atoms with Gasteiger partial charge in [-0.3, -0.25) is 14.6 Å². The molecule has 2 unspecified atom stereocenters. The van der Waals surface area contributed by atoms with Gasteiger partial charge in [0.15, 0.2) is 0 Å². The molecule has 0 radical (unpaired) electrons. The van der Waals surface area contributed by atoms with E-state index in [9.17, 15) is 4.79 Å². The summed E-state index contributed by atoms with van der Waals surface area (Å²) in [5.74, 6) is -0.0659. The maximum atomic E-state index is 10.9. The third kappa shape index (κ3) is 3.43. The van der Waals surface area contributed by atoms with Crippen molar-refractivity contribution >= 4 is 5.97 Å². The maximum absolute atomic E-state index is 10.9. The maximum Gasteiger partial charge on any atom is 0.317 e. The van der Waals surface area contributed by atoms with Crippen LogP contribution in [-0.2, 0) is 11.2 Å². The van der Waals surface area contributed by atoms with E-state index in [1.807, 2.05) is 11.9 Å². The molecule has 3 rings (SSSR count). The SMILES string of the molecule is Cc1ccc2c(c1)C(N1CCC(N(C)CC(=O)O)CC1)C(C)C2. The molecular weight excluding hydrogens is 288 g/mol. The Bertz CT molecular complexity index is 579. The molecule has 1 fully saturated rings. The number of aryl methyl sites for hydroxylation is 1. The largest absolute Gasteiger partial charge is 0.480 e. The first-order valence-corrected chi connectivity index (χ1v) is 8.71. The Balaban J connectivity index is 1.66. The van der Waals surface area contributed by atoms with Crippen molar-refractivity contribution in [1.82, 2.24) is 9.80 Å². The lowest BCUT2D eigenvalue weighted by atomic mass is 9.95. The van der Waals surface area contributed by atoms with Crippen LogP contribution in [0.4, 0.5) is 0 Å². The molecule has 1 saturated heterocycles. The van der Waals surface area contributed by atoms with Crippen LogP contribution < -0.4 is 0 Å². The fourth-order valence-electron chi connectivity index (χ4n) is 4.44. The topological polar surface area (TPSA) is 43.8 Å². The molecule has 1 aliphatic carbocycles. The molecule has 126 valence electrons. The monoisotopic (exact) mass is 316 g/mol. The summed E-state index contributed by atoms with van der Waals surface area (Å²) in [4.78, 5) is 15.5. The predicted octanol–water partition coefficient (Wildman–Crippen LogP) is 2.71. The summed E-state index contributed by atoms with van der Waals surface area (Å²) >= 11 is 0. The van der Waals surface area contributed by atoms with Gasteiger partial charge < -0.3 is 5.11 Å². The Morgan fingerprint density at radius 3 is 2.70 bits per heavy atom. The molecule has 1 N–H and O–H groups in total. The second kappa shape index (κ2) is 6.62. The molecular formula is C19H28N2O2. The van der Waals surface area contributed by atoms with Gasteiger partial charge in [-0.25, -0.2) is 0 Å². The van der Waals surface area contributed by atoms with E-state index < -0.39 is 5.97 Å². The molecule has 23 heavy (non-hydrogen) atoms. The zero-order valence-corrected chi connectivity index (χ0v) is 14.5. The van der Waals surface area contributed by atoms with Crippen LogP contribution in [0.3, 0.4) is 0 Å². The Kier molecular flexibility index (Phi) is 4.74. The summed E-state index contributed by atoms with van der Waals surface area (Å²) < 4.78 is 0. The average molecular weight is 316 g/mol. The molecule has 2 aliphatic rings. The third-order valence-electron chi connectivity index (χ3n) is 5.60. The van der Waals surface area contributed by atoms with E-state index >= 15 is 0 Å². The van der Waals surface area contributed by atoms with Crippen LogP contribution >= 0.6 is 0 Å². The normalized spacial score (nSPS) is 25.7. The molecule has 0 spiro atoms. The highest BCUT2D eigenvalue weighted by molar-refractivity contribution is 5.69. The molecule has 2 atom stereocenters. The first-order chi connectivity index (χ1) is 11.0. The van der Waals surface area contributed by atoms with E-state index in [1.54, 1.807) is 0 Å². The van der Waals surface area contributed by atoms with Gasteiger partial charge >= 0.3 is 5.97 Å². The van der Waals surface area contributed by atoms with Gasteiger partial charge in [-0.1, -0.05) is 30.7 Å². The van der Waals surface area contributed by atoms with Gasteiger partial charge in [-0.05, 0) is 50.3 Å². The minimum absolute atomic E-state index is 0.145. The number of carbonyl (C=O) groups is 1. The van der Waals surface area contributed by atoms with Gasteiger partial charge in [0, 0.05) is 25.2 Å². The number of rotatable bonds is 4. The Labute approximate surface area is 139 Å². The number of carboxylic acids is 1. The number of benzene rings is 1. The molecule has 0 amide bonds. The fraction of sp³-hybridized carbons (Fsp3) is 0.632. The van der Waals surface area contributed by atoms with Gasteiger partial charge in [0.05, 0.1) is 6.54 Å². The average Bonchev–Trinajstić information content (AvgIpc) is 2.82. The molecule has 0 aromatic heterocycles. The van der Waals surface area contributed by atoms with Gasteiger partial charge in [0.25, 0.3) is 0 Å². The van der Waals surface area contributed by atoms with Gasteiger partial charge in [0.2, 0.25) is 0 Å². The number of fused-ring (bicyclic) bond motifs is 1. The number of carboxylic acid groups (broad SMARTS) is 1. The van der Waals surface area contributed by atoms with Crippen molar-refractivity contribution in [1.29, 1.82) is 0 Å². The molecule has 0 bridgehead atoms. The lowest BCUT2D eigenvalue weighted by molar-refractivity contribution is -0.138. The lowest BCUT2D eigenvalue weighted by Gasteiger charge is -2.40. The van der Waals surface area contributed by atoms with Crippen molar-refractivity contribution in [3.05, 3.63) is 34.9 Å². The van der Waals surface area contributed by atoms with Crippen LogP contribution in [0.2, 0.25) is 0 Å². The molecule has 1 aliphatic heterocycles. The minimum Gasteiger partial charge on any atom is -0.480 e. The summed E-state index contributed by atoms with van der Waals surface area (Å²) in [7, 11) is 1.94. The fourth-order valence-corrected chi connectivity index (χ4v) is 4.44. The van der Waals surface area contributed by atoms with Crippen molar-refractivity contribution in [2.75, 3.05) is 26.7 Å². The van der Waals surface area contributed by atoms with Gasteiger partial charge in [-0.2, -0.15) is 0 Å². The minimum atomic E-state index is -0.733. The van der Waals surface area contributed by atoms with Gasteiger partial charge in [0.1, 0.15) is 0 Å². The molecule has 0 saturated carbocycles. The Hall–Kier alpha value is -1.39. The van der Waals surface area contributed by atoms with Crippen LogP contribution in [0.15, 0.2) is 18.2 Å². The molecule has 1 aromatic rings. The number of piperidine rings is 1. The second-order valence-electron chi connectivity index (χ2n) is 7.40. The highest BCUT2D eigenvalue weighted by Gasteiger charge is 2.36. The standard InChI is InChI=1S/C19H28N2O2/c1-13-4-5-15-11-14(2)19(17(15)10-13)21-8-6-16(7-9-21)20(3)12-18(22)23/h4-5,10,14,16,19H,6-9,11-12H2,1-3H3,(H,22,23). The van der Waals surface area contributed by atoms with Crippen molar-refractivity contribution < 1.29 is 9.90 Å². The molecule has 4 heteroatoms. The van der Waals surface area contributed by atoms with E-state index in [0.29, 0.717) is 18.0 Å². The molecule has 4 nitrogen and oxygen atoms in total. The van der Waals surface area contributed by atoms with Crippen molar-refractivity contribution in [3.8, 4) is 0 Å². The predicted molar refractivity (Wildman–Crippen MR) is 91.6 cm³/mol. The third-order valence-corrected chi connectivity index (χ3v) is 5.60. The molecule has 1 heterocycles.